The van der Waals surface area contributed by atoms with E-state index in [0.29, 0.717) is 13.0 Å². The molecule has 1 fully saturated rings. The Balaban J connectivity index is 2.50. The van der Waals surface area contributed by atoms with Gasteiger partial charge >= 0.3 is 0 Å². The molecule has 0 radical (unpaired) electrons. The van der Waals surface area contributed by atoms with Crippen molar-refractivity contribution in [2.24, 2.45) is 0 Å². The number of methoxy groups -OCH3 is 1. The highest BCUT2D eigenvalue weighted by molar-refractivity contribution is 4.93. The Morgan fingerprint density at radius 3 is 2.54 bits per heavy atom. The van der Waals surface area contributed by atoms with Crippen LogP contribution in [0.4, 0.5) is 0 Å². The van der Waals surface area contributed by atoms with Crippen LogP contribution in [0.3, 0.4) is 0 Å². The van der Waals surface area contributed by atoms with Crippen molar-refractivity contribution < 1.29 is 19.7 Å². The van der Waals surface area contributed by atoms with Gasteiger partial charge in [0, 0.05) is 7.11 Å². The molecule has 0 spiro atoms. The van der Waals surface area contributed by atoms with E-state index in [9.17, 15) is 10.2 Å². The van der Waals surface area contributed by atoms with Crippen molar-refractivity contribution in [1.29, 1.82) is 0 Å². The Bertz CT molecular complexity index is 171. The van der Waals surface area contributed by atoms with Crippen molar-refractivity contribution in [1.82, 2.24) is 0 Å². The van der Waals surface area contributed by atoms with E-state index in [2.05, 4.69) is 6.58 Å². The van der Waals surface area contributed by atoms with E-state index in [0.717, 1.165) is 0 Å². The van der Waals surface area contributed by atoms with E-state index in [-0.39, 0.29) is 6.10 Å². The van der Waals surface area contributed by atoms with Crippen molar-refractivity contribution in [2.45, 2.75) is 30.8 Å². The van der Waals surface area contributed by atoms with Gasteiger partial charge in [0.1, 0.15) is 18.3 Å². The summed E-state index contributed by atoms with van der Waals surface area (Å²) in [7, 11) is 1.53. The molecule has 76 valence electrons. The lowest BCUT2D eigenvalue weighted by molar-refractivity contribution is -0.0322. The molecule has 4 unspecified atom stereocenters. The zero-order valence-electron chi connectivity index (χ0n) is 7.72. The van der Waals surface area contributed by atoms with Crippen molar-refractivity contribution in [3.05, 3.63) is 12.7 Å². The third kappa shape index (κ3) is 2.28. The summed E-state index contributed by atoms with van der Waals surface area (Å²) >= 11 is 0. The monoisotopic (exact) mass is 188 g/mol. The van der Waals surface area contributed by atoms with Gasteiger partial charge in [-0.3, -0.25) is 0 Å². The molecule has 1 saturated heterocycles. The van der Waals surface area contributed by atoms with Crippen LogP contribution in [0.5, 0.6) is 0 Å². The predicted molar refractivity (Wildman–Crippen MR) is 47.4 cm³/mol. The molecule has 1 rings (SSSR count). The molecular formula is C9H16O4. The summed E-state index contributed by atoms with van der Waals surface area (Å²) in [4.78, 5) is 0. The molecule has 4 heteroatoms. The standard InChI is InChI=1S/C9H16O4/c1-3-4-6-8(10)9(11)7(13-6)5-12-2/h3,6-11H,1,4-5H2,2H3. The number of hydrogen-bond donors (Lipinski definition) is 2. The molecule has 1 heterocycles. The first kappa shape index (κ1) is 10.7. The van der Waals surface area contributed by atoms with Crippen molar-refractivity contribution >= 4 is 0 Å². The minimum absolute atomic E-state index is 0.297. The SMILES string of the molecule is C=CCC1OC(COC)C(O)C1O. The molecule has 13 heavy (non-hydrogen) atoms. The Morgan fingerprint density at radius 2 is 2.00 bits per heavy atom. The summed E-state index contributed by atoms with van der Waals surface area (Å²) in [6.07, 6.45) is -0.269. The maximum atomic E-state index is 9.51. The van der Waals surface area contributed by atoms with Gasteiger partial charge in [-0.25, -0.2) is 0 Å². The Hall–Kier alpha value is -0.420. The second-order valence-electron chi connectivity index (χ2n) is 3.17. The maximum Gasteiger partial charge on any atom is 0.111 e. The van der Waals surface area contributed by atoms with Crippen molar-refractivity contribution in [3.63, 3.8) is 0 Å². The molecule has 1 aliphatic rings. The zero-order chi connectivity index (χ0) is 9.84. The van der Waals surface area contributed by atoms with Gasteiger partial charge in [-0.2, -0.15) is 0 Å². The van der Waals surface area contributed by atoms with Crippen molar-refractivity contribution in [2.75, 3.05) is 13.7 Å². The average Bonchev–Trinajstić information content (AvgIpc) is 2.36. The fourth-order valence-corrected chi connectivity index (χ4v) is 1.49. The molecule has 0 aromatic heterocycles. The molecule has 0 amide bonds. The molecule has 0 saturated carbocycles. The first-order valence-electron chi connectivity index (χ1n) is 4.32. The number of aliphatic hydroxyl groups is 2. The molecule has 4 atom stereocenters. The van der Waals surface area contributed by atoms with Crippen LogP contribution in [-0.4, -0.2) is 48.3 Å². The van der Waals surface area contributed by atoms with E-state index in [1.807, 2.05) is 0 Å². The van der Waals surface area contributed by atoms with Crippen LogP contribution in [-0.2, 0) is 9.47 Å². The molecule has 2 N–H and O–H groups in total. The topological polar surface area (TPSA) is 58.9 Å². The highest BCUT2D eigenvalue weighted by atomic mass is 16.6. The lowest BCUT2D eigenvalue weighted by Crippen LogP contribution is -2.34. The maximum absolute atomic E-state index is 9.51. The number of ether oxygens (including phenoxy) is 2. The molecule has 0 aliphatic carbocycles. The second-order valence-corrected chi connectivity index (χ2v) is 3.17. The summed E-state index contributed by atoms with van der Waals surface area (Å²) in [6, 6.07) is 0. The minimum Gasteiger partial charge on any atom is -0.388 e. The highest BCUT2D eigenvalue weighted by Gasteiger charge is 2.41. The summed E-state index contributed by atoms with van der Waals surface area (Å²) < 4.78 is 10.2. The van der Waals surface area contributed by atoms with E-state index in [1.165, 1.54) is 7.11 Å². The lowest BCUT2D eigenvalue weighted by atomic mass is 10.1. The molecule has 1 aliphatic heterocycles. The van der Waals surface area contributed by atoms with Gasteiger partial charge in [0.2, 0.25) is 0 Å². The van der Waals surface area contributed by atoms with E-state index < -0.39 is 18.3 Å². The number of aliphatic hydroxyl groups excluding tert-OH is 2. The number of rotatable bonds is 4. The predicted octanol–water partition coefficient (Wildman–Crippen LogP) is -0.302. The quantitative estimate of drug-likeness (QED) is 0.595. The molecule has 4 nitrogen and oxygen atoms in total. The summed E-state index contributed by atoms with van der Waals surface area (Å²) in [5.74, 6) is 0. The molecule has 0 aromatic rings. The Labute approximate surface area is 77.8 Å². The molecule has 0 aromatic carbocycles. The van der Waals surface area contributed by atoms with Gasteiger partial charge in [-0.05, 0) is 6.42 Å². The van der Waals surface area contributed by atoms with Gasteiger partial charge in [0.05, 0.1) is 12.7 Å². The van der Waals surface area contributed by atoms with Crippen LogP contribution in [0.1, 0.15) is 6.42 Å². The van der Waals surface area contributed by atoms with Crippen LogP contribution in [0.15, 0.2) is 12.7 Å². The van der Waals surface area contributed by atoms with Gasteiger partial charge in [0.25, 0.3) is 0 Å². The smallest absolute Gasteiger partial charge is 0.111 e. The fourth-order valence-electron chi connectivity index (χ4n) is 1.49. The van der Waals surface area contributed by atoms with Crippen LogP contribution in [0.25, 0.3) is 0 Å². The van der Waals surface area contributed by atoms with Crippen LogP contribution in [0.2, 0.25) is 0 Å². The third-order valence-electron chi connectivity index (χ3n) is 2.19. The van der Waals surface area contributed by atoms with Gasteiger partial charge < -0.3 is 19.7 Å². The van der Waals surface area contributed by atoms with Crippen LogP contribution in [0, 0.1) is 0 Å². The first-order valence-corrected chi connectivity index (χ1v) is 4.32. The Kier molecular flexibility index (Phi) is 3.87. The Morgan fingerprint density at radius 1 is 1.38 bits per heavy atom. The normalized spacial score (nSPS) is 39.3. The lowest BCUT2D eigenvalue weighted by Gasteiger charge is -2.12. The molecular weight excluding hydrogens is 172 g/mol. The summed E-state index contributed by atoms with van der Waals surface area (Å²) in [5.41, 5.74) is 0. The van der Waals surface area contributed by atoms with Crippen molar-refractivity contribution in [3.8, 4) is 0 Å². The second kappa shape index (κ2) is 4.72. The van der Waals surface area contributed by atoms with E-state index in [4.69, 9.17) is 9.47 Å². The van der Waals surface area contributed by atoms with Gasteiger partial charge in [0.15, 0.2) is 0 Å². The van der Waals surface area contributed by atoms with Crippen LogP contribution >= 0.6 is 0 Å². The first-order chi connectivity index (χ1) is 6.20. The van der Waals surface area contributed by atoms with E-state index in [1.54, 1.807) is 6.08 Å². The number of hydrogen-bond acceptors (Lipinski definition) is 4. The van der Waals surface area contributed by atoms with Gasteiger partial charge in [-0.15, -0.1) is 6.58 Å². The average molecular weight is 188 g/mol. The summed E-state index contributed by atoms with van der Waals surface area (Å²) in [5, 5.41) is 19.0. The molecule has 0 bridgehead atoms. The van der Waals surface area contributed by atoms with E-state index >= 15 is 0 Å². The summed E-state index contributed by atoms with van der Waals surface area (Å²) in [6.45, 7) is 3.85. The minimum atomic E-state index is -0.857. The largest absolute Gasteiger partial charge is 0.388 e. The van der Waals surface area contributed by atoms with Gasteiger partial charge in [-0.1, -0.05) is 6.08 Å². The third-order valence-corrected chi connectivity index (χ3v) is 2.19. The zero-order valence-corrected chi connectivity index (χ0v) is 7.72. The van der Waals surface area contributed by atoms with Crippen LogP contribution < -0.4 is 0 Å². The fraction of sp³-hybridized carbons (Fsp3) is 0.778. The highest BCUT2D eigenvalue weighted by Crippen LogP contribution is 2.23.